The smallest absolute Gasteiger partial charge is 0.326 e. The van der Waals surface area contributed by atoms with Crippen LogP contribution in [0.3, 0.4) is 0 Å². The van der Waals surface area contributed by atoms with E-state index in [1.54, 1.807) is 24.3 Å². The molecule has 1 heterocycles. The molecule has 0 saturated carbocycles. The maximum atomic E-state index is 11.7. The van der Waals surface area contributed by atoms with Gasteiger partial charge in [-0.1, -0.05) is 18.2 Å². The Hall–Kier alpha value is -3.48. The van der Waals surface area contributed by atoms with Crippen LogP contribution < -0.4 is 24.8 Å². The van der Waals surface area contributed by atoms with Gasteiger partial charge in [0.1, 0.15) is 11.4 Å². The zero-order valence-corrected chi connectivity index (χ0v) is 17.4. The van der Waals surface area contributed by atoms with Crippen molar-refractivity contribution < 1.29 is 23.8 Å². The second-order valence-electron chi connectivity index (χ2n) is 6.92. The van der Waals surface area contributed by atoms with E-state index < -0.39 is 11.9 Å². The van der Waals surface area contributed by atoms with Crippen LogP contribution in [0.4, 0.5) is 4.79 Å². The standard InChI is InChI=1S/C23H26N2O5/c1-4-28-21-14-17(13-18-22(26)25-23(27)24-18)8-9-19(21)29-10-5-11-30-20-12-15(2)6-7-16(20)3/h6-9,12-14H,4-5,10-11H2,1-3H3,(H2,24,25,26,27). The van der Waals surface area contributed by atoms with E-state index in [0.717, 1.165) is 28.9 Å². The Bertz CT molecular complexity index is 968. The minimum absolute atomic E-state index is 0.194. The number of rotatable bonds is 9. The predicted molar refractivity (Wildman–Crippen MR) is 114 cm³/mol. The number of hydrogen-bond donors (Lipinski definition) is 2. The summed E-state index contributed by atoms with van der Waals surface area (Å²) in [5, 5.41) is 4.63. The lowest BCUT2D eigenvalue weighted by atomic mass is 10.1. The van der Waals surface area contributed by atoms with Crippen LogP contribution >= 0.6 is 0 Å². The molecular weight excluding hydrogens is 384 g/mol. The summed E-state index contributed by atoms with van der Waals surface area (Å²) in [5.41, 5.74) is 3.19. The van der Waals surface area contributed by atoms with Crippen molar-refractivity contribution in [3.63, 3.8) is 0 Å². The van der Waals surface area contributed by atoms with Gasteiger partial charge in [-0.3, -0.25) is 10.1 Å². The molecule has 1 fully saturated rings. The number of nitrogens with one attached hydrogen (secondary N) is 2. The molecule has 0 atom stereocenters. The van der Waals surface area contributed by atoms with Crippen LogP contribution in [0.1, 0.15) is 30.0 Å². The van der Waals surface area contributed by atoms with Gasteiger partial charge < -0.3 is 19.5 Å². The summed E-state index contributed by atoms with van der Waals surface area (Å²) in [6.45, 7) is 7.45. The van der Waals surface area contributed by atoms with Crippen molar-refractivity contribution in [2.75, 3.05) is 19.8 Å². The van der Waals surface area contributed by atoms with E-state index in [1.807, 2.05) is 32.9 Å². The Labute approximate surface area is 176 Å². The minimum atomic E-state index is -0.528. The number of carbonyl (C=O) groups is 2. The monoisotopic (exact) mass is 410 g/mol. The van der Waals surface area contributed by atoms with Gasteiger partial charge in [-0.05, 0) is 61.7 Å². The Kier molecular flexibility index (Phi) is 6.95. The molecule has 0 aromatic heterocycles. The van der Waals surface area contributed by atoms with E-state index in [4.69, 9.17) is 14.2 Å². The normalized spacial score (nSPS) is 14.4. The summed E-state index contributed by atoms with van der Waals surface area (Å²) in [6.07, 6.45) is 2.31. The number of carbonyl (C=O) groups excluding carboxylic acids is 2. The SMILES string of the molecule is CCOc1cc(C=C2NC(=O)NC2=O)ccc1OCCCOc1cc(C)ccc1C. The topological polar surface area (TPSA) is 85.9 Å². The summed E-state index contributed by atoms with van der Waals surface area (Å²) in [5.74, 6) is 1.63. The lowest BCUT2D eigenvalue weighted by Crippen LogP contribution is -2.22. The van der Waals surface area contributed by atoms with Gasteiger partial charge in [0.15, 0.2) is 11.5 Å². The molecule has 0 bridgehead atoms. The number of imide groups is 1. The lowest BCUT2D eigenvalue weighted by Gasteiger charge is -2.14. The van der Waals surface area contributed by atoms with Crippen LogP contribution in [0.2, 0.25) is 0 Å². The van der Waals surface area contributed by atoms with Gasteiger partial charge in [0.05, 0.1) is 19.8 Å². The summed E-state index contributed by atoms with van der Waals surface area (Å²) in [7, 11) is 0. The number of benzene rings is 2. The number of urea groups is 1. The minimum Gasteiger partial charge on any atom is -0.493 e. The second kappa shape index (κ2) is 9.82. The van der Waals surface area contributed by atoms with E-state index in [1.165, 1.54) is 0 Å². The fraction of sp³-hybridized carbons (Fsp3) is 0.304. The molecule has 3 rings (SSSR count). The quantitative estimate of drug-likeness (QED) is 0.374. The molecular formula is C23H26N2O5. The van der Waals surface area contributed by atoms with Crippen LogP contribution in [0.5, 0.6) is 17.2 Å². The molecule has 1 saturated heterocycles. The number of ether oxygens (including phenoxy) is 3. The molecule has 7 heteroatoms. The molecule has 3 amide bonds. The van der Waals surface area contributed by atoms with Gasteiger partial charge in [0, 0.05) is 6.42 Å². The van der Waals surface area contributed by atoms with Crippen molar-refractivity contribution in [1.29, 1.82) is 0 Å². The van der Waals surface area contributed by atoms with Gasteiger partial charge in [-0.2, -0.15) is 0 Å². The molecule has 1 aliphatic heterocycles. The molecule has 2 aromatic carbocycles. The van der Waals surface area contributed by atoms with Crippen molar-refractivity contribution in [3.05, 3.63) is 58.8 Å². The maximum absolute atomic E-state index is 11.7. The van der Waals surface area contributed by atoms with Gasteiger partial charge in [0.2, 0.25) is 0 Å². The molecule has 2 aromatic rings. The first kappa shape index (κ1) is 21.2. The number of aryl methyl sites for hydroxylation is 2. The largest absolute Gasteiger partial charge is 0.493 e. The van der Waals surface area contributed by atoms with Gasteiger partial charge in [-0.25, -0.2) is 4.79 Å². The Morgan fingerprint density at radius 3 is 2.33 bits per heavy atom. The van der Waals surface area contributed by atoms with E-state index in [2.05, 4.69) is 16.7 Å². The van der Waals surface area contributed by atoms with Gasteiger partial charge >= 0.3 is 6.03 Å². The van der Waals surface area contributed by atoms with Crippen molar-refractivity contribution in [3.8, 4) is 17.2 Å². The third-order valence-corrected chi connectivity index (χ3v) is 4.45. The van der Waals surface area contributed by atoms with Crippen molar-refractivity contribution >= 4 is 18.0 Å². The van der Waals surface area contributed by atoms with Gasteiger partial charge in [-0.15, -0.1) is 0 Å². The second-order valence-corrected chi connectivity index (χ2v) is 6.92. The molecule has 0 aliphatic carbocycles. The summed E-state index contributed by atoms with van der Waals surface area (Å²) in [6, 6.07) is 11.0. The molecule has 0 unspecified atom stereocenters. The summed E-state index contributed by atoms with van der Waals surface area (Å²) in [4.78, 5) is 22.9. The average Bonchev–Trinajstić information content (AvgIpc) is 3.02. The molecule has 1 aliphatic rings. The fourth-order valence-electron chi connectivity index (χ4n) is 2.94. The lowest BCUT2D eigenvalue weighted by molar-refractivity contribution is -0.115. The molecule has 0 spiro atoms. The third kappa shape index (κ3) is 5.53. The Morgan fingerprint density at radius 1 is 0.867 bits per heavy atom. The van der Waals surface area contributed by atoms with Crippen LogP contribution in [-0.4, -0.2) is 31.8 Å². The highest BCUT2D eigenvalue weighted by molar-refractivity contribution is 6.14. The Balaban J connectivity index is 1.57. The summed E-state index contributed by atoms with van der Waals surface area (Å²) < 4.78 is 17.4. The van der Waals surface area contributed by atoms with Crippen LogP contribution in [0, 0.1) is 13.8 Å². The third-order valence-electron chi connectivity index (χ3n) is 4.45. The van der Waals surface area contributed by atoms with Crippen LogP contribution in [0.15, 0.2) is 42.1 Å². The predicted octanol–water partition coefficient (Wildman–Crippen LogP) is 3.73. The molecule has 30 heavy (non-hydrogen) atoms. The molecule has 0 radical (unpaired) electrons. The average molecular weight is 410 g/mol. The van der Waals surface area contributed by atoms with Crippen molar-refractivity contribution in [2.45, 2.75) is 27.2 Å². The highest BCUT2D eigenvalue weighted by Gasteiger charge is 2.22. The summed E-state index contributed by atoms with van der Waals surface area (Å²) >= 11 is 0. The fourth-order valence-corrected chi connectivity index (χ4v) is 2.94. The molecule has 158 valence electrons. The van der Waals surface area contributed by atoms with Crippen molar-refractivity contribution in [2.24, 2.45) is 0 Å². The maximum Gasteiger partial charge on any atom is 0.326 e. The highest BCUT2D eigenvalue weighted by atomic mass is 16.5. The molecule has 7 nitrogen and oxygen atoms in total. The zero-order valence-electron chi connectivity index (χ0n) is 17.4. The first-order valence-corrected chi connectivity index (χ1v) is 9.90. The van der Waals surface area contributed by atoms with E-state index >= 15 is 0 Å². The Morgan fingerprint density at radius 2 is 1.63 bits per heavy atom. The van der Waals surface area contributed by atoms with Gasteiger partial charge in [0.25, 0.3) is 5.91 Å². The number of amides is 3. The van der Waals surface area contributed by atoms with E-state index in [0.29, 0.717) is 31.3 Å². The van der Waals surface area contributed by atoms with E-state index in [9.17, 15) is 9.59 Å². The van der Waals surface area contributed by atoms with Crippen LogP contribution in [-0.2, 0) is 4.79 Å². The first-order chi connectivity index (χ1) is 14.5. The van der Waals surface area contributed by atoms with Crippen LogP contribution in [0.25, 0.3) is 6.08 Å². The number of hydrogen-bond acceptors (Lipinski definition) is 5. The molecule has 2 N–H and O–H groups in total. The van der Waals surface area contributed by atoms with E-state index in [-0.39, 0.29) is 5.70 Å². The highest BCUT2D eigenvalue weighted by Crippen LogP contribution is 2.29. The first-order valence-electron chi connectivity index (χ1n) is 9.90. The van der Waals surface area contributed by atoms with Crippen molar-refractivity contribution in [1.82, 2.24) is 10.6 Å². The zero-order chi connectivity index (χ0) is 21.5.